The predicted octanol–water partition coefficient (Wildman–Crippen LogP) is 0.780. The van der Waals surface area contributed by atoms with E-state index in [4.69, 9.17) is 15.2 Å². The number of nitrogens with one attached hydrogen (secondary N) is 1. The van der Waals surface area contributed by atoms with Crippen molar-refractivity contribution in [1.82, 2.24) is 9.88 Å². The topological polar surface area (TPSA) is 78.5 Å². The van der Waals surface area contributed by atoms with Gasteiger partial charge < -0.3 is 25.1 Å². The minimum Gasteiger partial charge on any atom is -0.397 e. The number of unbranched alkanes of at least 4 members (excludes halogenated alkanes) is 1. The van der Waals surface area contributed by atoms with E-state index in [1.54, 1.807) is 31.0 Å². The second kappa shape index (κ2) is 8.55. The lowest BCUT2D eigenvalue weighted by molar-refractivity contribution is 0.0686. The molecule has 6 nitrogen and oxygen atoms in total. The van der Waals surface area contributed by atoms with Crippen molar-refractivity contribution in [2.24, 2.45) is 7.05 Å². The summed E-state index contributed by atoms with van der Waals surface area (Å²) < 4.78 is 11.9. The molecule has 1 heterocycles. The second-order valence-electron chi connectivity index (χ2n) is 4.34. The Morgan fingerprint density at radius 2 is 2.16 bits per heavy atom. The Hall–Kier alpha value is -1.53. The zero-order valence-electron chi connectivity index (χ0n) is 11.6. The molecule has 0 spiro atoms. The maximum absolute atomic E-state index is 11.8. The minimum absolute atomic E-state index is 0.0977. The van der Waals surface area contributed by atoms with Crippen LogP contribution in [-0.4, -0.2) is 43.9 Å². The van der Waals surface area contributed by atoms with Crippen molar-refractivity contribution in [3.63, 3.8) is 0 Å². The van der Waals surface area contributed by atoms with E-state index in [1.807, 2.05) is 0 Å². The molecule has 19 heavy (non-hydrogen) atoms. The van der Waals surface area contributed by atoms with Crippen molar-refractivity contribution < 1.29 is 14.3 Å². The maximum atomic E-state index is 11.8. The zero-order valence-corrected chi connectivity index (χ0v) is 11.6. The fraction of sp³-hybridized carbons (Fsp3) is 0.615. The molecule has 3 N–H and O–H groups in total. The summed E-state index contributed by atoms with van der Waals surface area (Å²) in [7, 11) is 3.45. The lowest BCUT2D eigenvalue weighted by Crippen LogP contribution is -2.26. The van der Waals surface area contributed by atoms with E-state index in [1.165, 1.54) is 0 Å². The number of rotatable bonds is 9. The van der Waals surface area contributed by atoms with Gasteiger partial charge in [-0.1, -0.05) is 0 Å². The van der Waals surface area contributed by atoms with Crippen LogP contribution in [0.5, 0.6) is 0 Å². The number of ether oxygens (including phenoxy) is 2. The molecule has 1 rings (SSSR count). The van der Waals surface area contributed by atoms with Crippen LogP contribution in [0.2, 0.25) is 0 Å². The van der Waals surface area contributed by atoms with Gasteiger partial charge in [-0.05, 0) is 18.9 Å². The van der Waals surface area contributed by atoms with Crippen LogP contribution in [0, 0.1) is 0 Å². The average molecular weight is 269 g/mol. The molecule has 1 aromatic rings. The number of nitrogens with two attached hydrogens (primary N) is 1. The number of aryl methyl sites for hydroxylation is 1. The fourth-order valence-electron chi connectivity index (χ4n) is 1.68. The van der Waals surface area contributed by atoms with E-state index in [0.717, 1.165) is 12.8 Å². The van der Waals surface area contributed by atoms with Gasteiger partial charge in [-0.15, -0.1) is 0 Å². The molecule has 108 valence electrons. The van der Waals surface area contributed by atoms with Gasteiger partial charge in [-0.2, -0.15) is 0 Å². The van der Waals surface area contributed by atoms with E-state index in [2.05, 4.69) is 5.32 Å². The molecular formula is C13H23N3O3. The molecule has 1 amide bonds. The number of nitrogen functional groups attached to an aromatic ring is 1. The second-order valence-corrected chi connectivity index (χ2v) is 4.34. The van der Waals surface area contributed by atoms with Gasteiger partial charge in [-0.3, -0.25) is 4.79 Å². The molecule has 0 radical (unpaired) electrons. The number of nitrogens with zero attached hydrogens (tertiary/aromatic N) is 1. The molecular weight excluding hydrogens is 246 g/mol. The lowest BCUT2D eigenvalue weighted by Gasteiger charge is -2.06. The van der Waals surface area contributed by atoms with Crippen molar-refractivity contribution in [3.05, 3.63) is 18.0 Å². The summed E-state index contributed by atoms with van der Waals surface area (Å²) in [6, 6.07) is 1.67. The van der Waals surface area contributed by atoms with E-state index in [9.17, 15) is 4.79 Å². The first-order valence-electron chi connectivity index (χ1n) is 6.42. The first-order valence-corrected chi connectivity index (χ1v) is 6.42. The van der Waals surface area contributed by atoms with Crippen LogP contribution in [0.4, 0.5) is 5.69 Å². The summed E-state index contributed by atoms with van der Waals surface area (Å²) in [5, 5.41) is 2.86. The summed E-state index contributed by atoms with van der Waals surface area (Å²) in [4.78, 5) is 11.8. The highest BCUT2D eigenvalue weighted by molar-refractivity contribution is 5.93. The Morgan fingerprint density at radius 3 is 2.79 bits per heavy atom. The standard InChI is InChI=1S/C13H23N3O3/c1-16-10-11(14)9-12(16)13(17)15-5-3-4-6-19-8-7-18-2/h9-10H,3-8,14H2,1-2H3,(H,15,17). The number of amides is 1. The zero-order chi connectivity index (χ0) is 14.1. The highest BCUT2D eigenvalue weighted by Gasteiger charge is 2.09. The van der Waals surface area contributed by atoms with Gasteiger partial charge in [0.15, 0.2) is 0 Å². The Kier molecular flexibility index (Phi) is 6.99. The normalized spacial score (nSPS) is 10.6. The highest BCUT2D eigenvalue weighted by atomic mass is 16.5. The quantitative estimate of drug-likeness (QED) is 0.649. The van der Waals surface area contributed by atoms with Crippen molar-refractivity contribution >= 4 is 11.6 Å². The van der Waals surface area contributed by atoms with Crippen LogP contribution in [-0.2, 0) is 16.5 Å². The van der Waals surface area contributed by atoms with E-state index < -0.39 is 0 Å². The Labute approximate surface area is 113 Å². The number of hydrogen-bond donors (Lipinski definition) is 2. The van der Waals surface area contributed by atoms with Gasteiger partial charge in [0.05, 0.1) is 18.9 Å². The molecule has 0 aliphatic heterocycles. The van der Waals surface area contributed by atoms with Crippen molar-refractivity contribution in [2.75, 3.05) is 39.2 Å². The SMILES string of the molecule is COCCOCCCCNC(=O)c1cc(N)cn1C. The van der Waals surface area contributed by atoms with Gasteiger partial charge in [0, 0.05) is 33.5 Å². The van der Waals surface area contributed by atoms with Crippen LogP contribution in [0.3, 0.4) is 0 Å². The summed E-state index contributed by atoms with van der Waals surface area (Å²) >= 11 is 0. The summed E-state index contributed by atoms with van der Waals surface area (Å²) in [5.74, 6) is -0.0977. The number of methoxy groups -OCH3 is 1. The third-order valence-corrected chi connectivity index (χ3v) is 2.69. The maximum Gasteiger partial charge on any atom is 0.267 e. The van der Waals surface area contributed by atoms with Crippen molar-refractivity contribution in [3.8, 4) is 0 Å². The third-order valence-electron chi connectivity index (χ3n) is 2.69. The van der Waals surface area contributed by atoms with Crippen LogP contribution in [0.15, 0.2) is 12.3 Å². The summed E-state index contributed by atoms with van der Waals surface area (Å²) in [6.45, 7) is 2.56. The molecule has 0 aliphatic rings. The summed E-state index contributed by atoms with van der Waals surface area (Å²) in [5.41, 5.74) is 6.80. The van der Waals surface area contributed by atoms with Gasteiger partial charge in [0.1, 0.15) is 5.69 Å². The Morgan fingerprint density at radius 1 is 1.37 bits per heavy atom. The van der Waals surface area contributed by atoms with Gasteiger partial charge in [-0.25, -0.2) is 0 Å². The first-order chi connectivity index (χ1) is 9.15. The van der Waals surface area contributed by atoms with Crippen LogP contribution in [0.1, 0.15) is 23.3 Å². The molecule has 0 bridgehead atoms. The van der Waals surface area contributed by atoms with Crippen LogP contribution < -0.4 is 11.1 Å². The Balaban J connectivity index is 2.09. The molecule has 0 unspecified atom stereocenters. The van der Waals surface area contributed by atoms with Gasteiger partial charge in [0.2, 0.25) is 0 Å². The van der Waals surface area contributed by atoms with Crippen LogP contribution >= 0.6 is 0 Å². The van der Waals surface area contributed by atoms with Crippen molar-refractivity contribution in [2.45, 2.75) is 12.8 Å². The molecule has 0 aliphatic carbocycles. The minimum atomic E-state index is -0.0977. The molecule has 0 fully saturated rings. The third kappa shape index (κ3) is 5.76. The number of carbonyl (C=O) groups is 1. The molecule has 0 saturated heterocycles. The Bertz CT molecular complexity index is 390. The largest absolute Gasteiger partial charge is 0.397 e. The highest BCUT2D eigenvalue weighted by Crippen LogP contribution is 2.08. The number of aromatic nitrogens is 1. The number of anilines is 1. The lowest BCUT2D eigenvalue weighted by atomic mass is 10.3. The van der Waals surface area contributed by atoms with Gasteiger partial charge in [0.25, 0.3) is 5.91 Å². The fourth-order valence-corrected chi connectivity index (χ4v) is 1.68. The molecule has 0 saturated carbocycles. The molecule has 6 heteroatoms. The van der Waals surface area contributed by atoms with Crippen molar-refractivity contribution in [1.29, 1.82) is 0 Å². The van der Waals surface area contributed by atoms with E-state index in [0.29, 0.717) is 37.7 Å². The monoisotopic (exact) mass is 269 g/mol. The molecule has 1 aromatic heterocycles. The van der Waals surface area contributed by atoms with Crippen LogP contribution in [0.25, 0.3) is 0 Å². The first kappa shape index (κ1) is 15.5. The number of hydrogen-bond acceptors (Lipinski definition) is 4. The van der Waals surface area contributed by atoms with Gasteiger partial charge >= 0.3 is 0 Å². The molecule has 0 aromatic carbocycles. The number of carbonyl (C=O) groups excluding carboxylic acids is 1. The summed E-state index contributed by atoms with van der Waals surface area (Å²) in [6.07, 6.45) is 3.52. The predicted molar refractivity (Wildman–Crippen MR) is 74.1 cm³/mol. The van der Waals surface area contributed by atoms with E-state index >= 15 is 0 Å². The average Bonchev–Trinajstić information content (AvgIpc) is 2.71. The molecule has 0 atom stereocenters. The smallest absolute Gasteiger partial charge is 0.267 e. The van der Waals surface area contributed by atoms with E-state index in [-0.39, 0.29) is 5.91 Å².